The fourth-order valence-corrected chi connectivity index (χ4v) is 2.15. The van der Waals surface area contributed by atoms with Gasteiger partial charge in [-0.15, -0.1) is 0 Å². The van der Waals surface area contributed by atoms with E-state index in [0.29, 0.717) is 12.8 Å². The average Bonchev–Trinajstić information content (AvgIpc) is 2.28. The Balaban J connectivity index is 2.74. The van der Waals surface area contributed by atoms with Gasteiger partial charge in [-0.25, -0.2) is 0 Å². The van der Waals surface area contributed by atoms with E-state index in [2.05, 4.69) is 11.4 Å². The van der Waals surface area contributed by atoms with Gasteiger partial charge in [0.25, 0.3) is 0 Å². The van der Waals surface area contributed by atoms with Crippen molar-refractivity contribution in [3.8, 4) is 0 Å². The van der Waals surface area contributed by atoms with Crippen molar-refractivity contribution in [3.63, 3.8) is 0 Å². The molecule has 0 fully saturated rings. The number of hydrogen-bond acceptors (Lipinski definition) is 2. The Labute approximate surface area is 113 Å². The molecule has 0 aromatic heterocycles. The smallest absolute Gasteiger partial charge is 0.303 e. The molecule has 2 N–H and O–H groups in total. The molecule has 0 saturated carbocycles. The van der Waals surface area contributed by atoms with E-state index in [1.807, 2.05) is 26.0 Å². The first kappa shape index (κ1) is 15.2. The molecule has 0 bridgehead atoms. The Hall–Kier alpha value is -1.84. The molecule has 1 unspecified atom stereocenters. The summed E-state index contributed by atoms with van der Waals surface area (Å²) in [5.41, 5.74) is 3.52. The summed E-state index contributed by atoms with van der Waals surface area (Å²) in [4.78, 5) is 21.8. The van der Waals surface area contributed by atoms with Crippen molar-refractivity contribution in [1.82, 2.24) is 5.32 Å². The molecule has 0 aliphatic rings. The highest BCUT2D eigenvalue weighted by Crippen LogP contribution is 2.14. The first-order valence-electron chi connectivity index (χ1n) is 6.43. The second-order valence-corrected chi connectivity index (χ2v) is 4.96. The van der Waals surface area contributed by atoms with Gasteiger partial charge >= 0.3 is 5.97 Å². The zero-order valence-electron chi connectivity index (χ0n) is 11.7. The Bertz CT molecular complexity index is 468. The van der Waals surface area contributed by atoms with Crippen molar-refractivity contribution in [2.75, 3.05) is 0 Å². The summed E-state index contributed by atoms with van der Waals surface area (Å²) >= 11 is 0. The molecule has 1 amide bonds. The number of aryl methyl sites for hydroxylation is 2. The van der Waals surface area contributed by atoms with Crippen LogP contribution < -0.4 is 5.32 Å². The predicted molar refractivity (Wildman–Crippen MR) is 74.1 cm³/mol. The van der Waals surface area contributed by atoms with Crippen LogP contribution in [0.25, 0.3) is 0 Å². The van der Waals surface area contributed by atoms with E-state index in [4.69, 9.17) is 5.11 Å². The minimum atomic E-state index is -0.837. The molecular formula is C15H21NO3. The van der Waals surface area contributed by atoms with Gasteiger partial charge in [0, 0.05) is 19.4 Å². The Kier molecular flexibility index (Phi) is 5.55. The highest BCUT2D eigenvalue weighted by atomic mass is 16.4. The number of amides is 1. The van der Waals surface area contributed by atoms with E-state index in [1.54, 1.807) is 0 Å². The lowest BCUT2D eigenvalue weighted by Gasteiger charge is -2.18. The van der Waals surface area contributed by atoms with Crippen molar-refractivity contribution < 1.29 is 14.7 Å². The maximum absolute atomic E-state index is 11.2. The van der Waals surface area contributed by atoms with Crippen LogP contribution in [0, 0.1) is 13.8 Å². The summed E-state index contributed by atoms with van der Waals surface area (Å²) in [5.74, 6) is -0.962. The van der Waals surface area contributed by atoms with Gasteiger partial charge in [0.2, 0.25) is 5.91 Å². The minimum Gasteiger partial charge on any atom is -0.481 e. The van der Waals surface area contributed by atoms with E-state index >= 15 is 0 Å². The van der Waals surface area contributed by atoms with E-state index in [-0.39, 0.29) is 18.4 Å². The lowest BCUT2D eigenvalue weighted by Crippen LogP contribution is -2.35. The highest BCUT2D eigenvalue weighted by molar-refractivity contribution is 5.73. The second kappa shape index (κ2) is 6.92. The van der Waals surface area contributed by atoms with Gasteiger partial charge < -0.3 is 10.4 Å². The van der Waals surface area contributed by atoms with Crippen LogP contribution in [0.1, 0.15) is 36.5 Å². The third-order valence-electron chi connectivity index (χ3n) is 3.08. The monoisotopic (exact) mass is 263 g/mol. The first-order chi connectivity index (χ1) is 8.88. The van der Waals surface area contributed by atoms with Gasteiger partial charge in [0.1, 0.15) is 0 Å². The molecule has 1 aromatic carbocycles. The van der Waals surface area contributed by atoms with E-state index in [1.165, 1.54) is 18.1 Å². The number of hydrogen-bond donors (Lipinski definition) is 2. The molecule has 104 valence electrons. The van der Waals surface area contributed by atoms with Crippen LogP contribution in [0.4, 0.5) is 0 Å². The molecule has 0 saturated heterocycles. The molecule has 0 radical (unpaired) electrons. The van der Waals surface area contributed by atoms with Gasteiger partial charge in [0.05, 0.1) is 0 Å². The molecule has 0 aliphatic carbocycles. The number of benzene rings is 1. The zero-order chi connectivity index (χ0) is 14.4. The van der Waals surface area contributed by atoms with Gasteiger partial charge in [-0.1, -0.05) is 23.8 Å². The van der Waals surface area contributed by atoms with Crippen molar-refractivity contribution >= 4 is 11.9 Å². The lowest BCUT2D eigenvalue weighted by molar-refractivity contribution is -0.137. The molecule has 0 spiro atoms. The average molecular weight is 263 g/mol. The maximum Gasteiger partial charge on any atom is 0.303 e. The predicted octanol–water partition coefficient (Wildman–Crippen LogP) is 2.22. The molecule has 1 aromatic rings. The number of carbonyl (C=O) groups excluding carboxylic acids is 1. The molecular weight excluding hydrogens is 242 g/mol. The topological polar surface area (TPSA) is 66.4 Å². The maximum atomic E-state index is 11.2. The number of carboxylic acid groups (broad SMARTS) is 1. The summed E-state index contributed by atoms with van der Waals surface area (Å²) in [5, 5.41) is 11.6. The number of nitrogens with one attached hydrogen (secondary N) is 1. The number of carbonyl (C=O) groups is 2. The van der Waals surface area contributed by atoms with Crippen molar-refractivity contribution in [3.05, 3.63) is 34.9 Å². The summed E-state index contributed by atoms with van der Waals surface area (Å²) in [6.07, 6.45) is 1.18. The third-order valence-corrected chi connectivity index (χ3v) is 3.08. The van der Waals surface area contributed by atoms with Crippen LogP contribution in [0.5, 0.6) is 0 Å². The number of aliphatic carboxylic acids is 1. The van der Waals surface area contributed by atoms with E-state index in [9.17, 15) is 9.59 Å². The van der Waals surface area contributed by atoms with Gasteiger partial charge in [-0.3, -0.25) is 9.59 Å². The van der Waals surface area contributed by atoms with Gasteiger partial charge in [0.15, 0.2) is 0 Å². The molecule has 1 atom stereocenters. The van der Waals surface area contributed by atoms with Crippen LogP contribution in [0.15, 0.2) is 18.2 Å². The molecule has 1 rings (SSSR count). The number of rotatable bonds is 6. The van der Waals surface area contributed by atoms with Crippen LogP contribution in [-0.2, 0) is 16.0 Å². The van der Waals surface area contributed by atoms with E-state index < -0.39 is 5.97 Å². The summed E-state index contributed by atoms with van der Waals surface area (Å²) in [6, 6.07) is 6.04. The SMILES string of the molecule is CC(=O)NC(CCC(=O)O)Cc1ccc(C)cc1C. The highest BCUT2D eigenvalue weighted by Gasteiger charge is 2.14. The normalized spacial score (nSPS) is 11.9. The fraction of sp³-hybridized carbons (Fsp3) is 0.467. The Morgan fingerprint density at radius 2 is 2.00 bits per heavy atom. The molecule has 19 heavy (non-hydrogen) atoms. The van der Waals surface area contributed by atoms with Crippen LogP contribution in [0.3, 0.4) is 0 Å². The van der Waals surface area contributed by atoms with Crippen LogP contribution in [0.2, 0.25) is 0 Å². The molecule has 4 nitrogen and oxygen atoms in total. The van der Waals surface area contributed by atoms with Crippen molar-refractivity contribution in [2.45, 2.75) is 46.1 Å². The first-order valence-corrected chi connectivity index (χ1v) is 6.43. The molecule has 4 heteroatoms. The Morgan fingerprint density at radius 1 is 1.32 bits per heavy atom. The molecule has 0 aliphatic heterocycles. The Morgan fingerprint density at radius 3 is 2.53 bits per heavy atom. The quantitative estimate of drug-likeness (QED) is 0.827. The summed E-state index contributed by atoms with van der Waals surface area (Å²) < 4.78 is 0. The lowest BCUT2D eigenvalue weighted by atomic mass is 9.97. The largest absolute Gasteiger partial charge is 0.481 e. The van der Waals surface area contributed by atoms with Crippen LogP contribution >= 0.6 is 0 Å². The number of carboxylic acids is 1. The van der Waals surface area contributed by atoms with Crippen LogP contribution in [-0.4, -0.2) is 23.0 Å². The van der Waals surface area contributed by atoms with E-state index in [0.717, 1.165) is 5.56 Å². The molecule has 0 heterocycles. The van der Waals surface area contributed by atoms with Gasteiger partial charge in [-0.2, -0.15) is 0 Å². The van der Waals surface area contributed by atoms with Crippen molar-refractivity contribution in [1.29, 1.82) is 0 Å². The minimum absolute atomic E-state index is 0.0653. The van der Waals surface area contributed by atoms with Gasteiger partial charge in [-0.05, 0) is 37.8 Å². The standard InChI is InChI=1S/C15H21NO3/c1-10-4-5-13(11(2)8-10)9-14(16-12(3)17)6-7-15(18)19/h4-5,8,14H,6-7,9H2,1-3H3,(H,16,17)(H,18,19). The fourth-order valence-electron chi connectivity index (χ4n) is 2.15. The van der Waals surface area contributed by atoms with Crippen molar-refractivity contribution in [2.24, 2.45) is 0 Å². The third kappa shape index (κ3) is 5.55. The second-order valence-electron chi connectivity index (χ2n) is 4.96. The summed E-state index contributed by atoms with van der Waals surface area (Å²) in [6.45, 7) is 5.52. The zero-order valence-corrected chi connectivity index (χ0v) is 11.7. The summed E-state index contributed by atoms with van der Waals surface area (Å²) in [7, 11) is 0.